The monoisotopic (exact) mass is 277 g/mol. The third kappa shape index (κ3) is 3.77. The van der Waals surface area contributed by atoms with Crippen molar-refractivity contribution in [3.8, 4) is 0 Å². The fourth-order valence-corrected chi connectivity index (χ4v) is 2.56. The topological polar surface area (TPSA) is 98.3 Å². The van der Waals surface area contributed by atoms with E-state index in [0.717, 1.165) is 25.7 Å². The van der Waals surface area contributed by atoms with Crippen LogP contribution in [0.15, 0.2) is 24.3 Å². The van der Waals surface area contributed by atoms with E-state index >= 15 is 0 Å². The Morgan fingerprint density at radius 1 is 1.40 bits per heavy atom. The van der Waals surface area contributed by atoms with Gasteiger partial charge in [-0.15, -0.1) is 0 Å². The van der Waals surface area contributed by atoms with Crippen LogP contribution < -0.4 is 11.1 Å². The molecule has 20 heavy (non-hydrogen) atoms. The highest BCUT2D eigenvalue weighted by Gasteiger charge is 2.23. The molecule has 0 saturated heterocycles. The predicted molar refractivity (Wildman–Crippen MR) is 75.2 cm³/mol. The number of nitrogens with one attached hydrogen (secondary N) is 1. The normalized spacial score (nSPS) is 22.2. The van der Waals surface area contributed by atoms with Crippen LogP contribution in [0.3, 0.4) is 0 Å². The minimum Gasteiger partial charge on any atom is -0.352 e. The Bertz CT molecular complexity index is 504. The first-order chi connectivity index (χ1) is 9.56. The van der Waals surface area contributed by atoms with Crippen molar-refractivity contribution in [2.75, 3.05) is 0 Å². The van der Waals surface area contributed by atoms with Crippen molar-refractivity contribution in [3.05, 3.63) is 39.9 Å². The Morgan fingerprint density at radius 2 is 2.15 bits per heavy atom. The number of amides is 1. The second-order valence-electron chi connectivity index (χ2n) is 5.23. The number of nitro benzene ring substituents is 1. The van der Waals surface area contributed by atoms with Gasteiger partial charge in [0, 0.05) is 24.2 Å². The summed E-state index contributed by atoms with van der Waals surface area (Å²) in [5, 5.41) is 13.6. The van der Waals surface area contributed by atoms with Crippen molar-refractivity contribution in [2.24, 2.45) is 5.73 Å². The summed E-state index contributed by atoms with van der Waals surface area (Å²) in [5.41, 5.74) is 6.62. The van der Waals surface area contributed by atoms with E-state index in [1.165, 1.54) is 12.1 Å². The Balaban J connectivity index is 1.94. The second kappa shape index (κ2) is 6.47. The maximum Gasteiger partial charge on any atom is 0.269 e. The summed E-state index contributed by atoms with van der Waals surface area (Å²) >= 11 is 0. The lowest BCUT2D eigenvalue weighted by atomic mass is 9.91. The summed E-state index contributed by atoms with van der Waals surface area (Å²) in [4.78, 5) is 22.2. The first-order valence-corrected chi connectivity index (χ1v) is 6.84. The van der Waals surface area contributed by atoms with Gasteiger partial charge in [-0.1, -0.05) is 25.0 Å². The molecule has 6 nitrogen and oxygen atoms in total. The maximum atomic E-state index is 12.0. The van der Waals surface area contributed by atoms with E-state index in [0.29, 0.717) is 5.56 Å². The van der Waals surface area contributed by atoms with Crippen molar-refractivity contribution < 1.29 is 9.72 Å². The average Bonchev–Trinajstić information content (AvgIpc) is 2.41. The average molecular weight is 277 g/mol. The molecule has 1 aliphatic carbocycles. The molecule has 1 saturated carbocycles. The zero-order valence-corrected chi connectivity index (χ0v) is 11.2. The van der Waals surface area contributed by atoms with Crippen LogP contribution in [0.2, 0.25) is 0 Å². The summed E-state index contributed by atoms with van der Waals surface area (Å²) in [6.07, 6.45) is 4.17. The standard InChI is InChI=1S/C14H19N3O3/c15-12-6-1-2-7-13(12)16-14(18)9-10-4-3-5-11(8-10)17(19)20/h3-5,8,12-13H,1-2,6-7,9,15H2,(H,16,18)/t12-,13-/m1/s1. The summed E-state index contributed by atoms with van der Waals surface area (Å²) in [5.74, 6) is -0.132. The molecule has 0 heterocycles. The molecule has 2 atom stereocenters. The highest BCUT2D eigenvalue weighted by atomic mass is 16.6. The van der Waals surface area contributed by atoms with Crippen molar-refractivity contribution in [2.45, 2.75) is 44.2 Å². The SMILES string of the molecule is N[C@@H]1CCCC[C@H]1NC(=O)Cc1cccc([N+](=O)[O-])c1. The first-order valence-electron chi connectivity index (χ1n) is 6.84. The van der Waals surface area contributed by atoms with Crippen LogP contribution in [0.5, 0.6) is 0 Å². The van der Waals surface area contributed by atoms with E-state index in [-0.39, 0.29) is 30.1 Å². The molecule has 1 aromatic carbocycles. The van der Waals surface area contributed by atoms with E-state index in [9.17, 15) is 14.9 Å². The molecule has 6 heteroatoms. The molecule has 0 aliphatic heterocycles. The van der Waals surface area contributed by atoms with E-state index < -0.39 is 4.92 Å². The van der Waals surface area contributed by atoms with Gasteiger partial charge in [-0.2, -0.15) is 0 Å². The molecule has 1 amide bonds. The molecule has 3 N–H and O–H groups in total. The van der Waals surface area contributed by atoms with Gasteiger partial charge < -0.3 is 11.1 Å². The zero-order valence-electron chi connectivity index (χ0n) is 11.2. The van der Waals surface area contributed by atoms with E-state index in [4.69, 9.17) is 5.73 Å². The third-order valence-corrected chi connectivity index (χ3v) is 3.65. The number of rotatable bonds is 4. The minimum atomic E-state index is -0.460. The summed E-state index contributed by atoms with van der Waals surface area (Å²) in [6.45, 7) is 0. The van der Waals surface area contributed by atoms with Crippen LogP contribution in [0.4, 0.5) is 5.69 Å². The van der Waals surface area contributed by atoms with Crippen molar-refractivity contribution in [1.82, 2.24) is 5.32 Å². The van der Waals surface area contributed by atoms with E-state index in [2.05, 4.69) is 5.32 Å². The number of nitrogens with two attached hydrogens (primary N) is 1. The number of benzene rings is 1. The summed E-state index contributed by atoms with van der Waals surface area (Å²) in [7, 11) is 0. The number of nitrogens with zero attached hydrogens (tertiary/aromatic N) is 1. The van der Waals surface area contributed by atoms with Gasteiger partial charge in [0.1, 0.15) is 0 Å². The molecule has 0 spiro atoms. The van der Waals surface area contributed by atoms with Crippen LogP contribution in [0.25, 0.3) is 0 Å². The lowest BCUT2D eigenvalue weighted by Crippen LogP contribution is -2.49. The highest BCUT2D eigenvalue weighted by molar-refractivity contribution is 5.79. The van der Waals surface area contributed by atoms with Crippen molar-refractivity contribution >= 4 is 11.6 Å². The van der Waals surface area contributed by atoms with E-state index in [1.807, 2.05) is 0 Å². The summed E-state index contributed by atoms with van der Waals surface area (Å²) < 4.78 is 0. The molecule has 0 bridgehead atoms. The Kier molecular flexibility index (Phi) is 4.68. The molecule has 108 valence electrons. The van der Waals surface area contributed by atoms with Crippen LogP contribution >= 0.6 is 0 Å². The van der Waals surface area contributed by atoms with Gasteiger partial charge in [0.25, 0.3) is 5.69 Å². The molecular formula is C14H19N3O3. The fourth-order valence-electron chi connectivity index (χ4n) is 2.56. The van der Waals surface area contributed by atoms with Crippen LogP contribution in [0, 0.1) is 10.1 Å². The Hall–Kier alpha value is -1.95. The number of carbonyl (C=O) groups excluding carboxylic acids is 1. The highest BCUT2D eigenvalue weighted by Crippen LogP contribution is 2.17. The van der Waals surface area contributed by atoms with Gasteiger partial charge in [0.15, 0.2) is 0 Å². The smallest absolute Gasteiger partial charge is 0.269 e. The quantitative estimate of drug-likeness (QED) is 0.644. The minimum absolute atomic E-state index is 0.00432. The van der Waals surface area contributed by atoms with Crippen LogP contribution in [-0.2, 0) is 11.2 Å². The molecule has 0 radical (unpaired) electrons. The molecule has 2 rings (SSSR count). The van der Waals surface area contributed by atoms with Crippen LogP contribution in [0.1, 0.15) is 31.2 Å². The lowest BCUT2D eigenvalue weighted by molar-refractivity contribution is -0.384. The van der Waals surface area contributed by atoms with Crippen molar-refractivity contribution in [3.63, 3.8) is 0 Å². The van der Waals surface area contributed by atoms with Crippen LogP contribution in [-0.4, -0.2) is 22.9 Å². The van der Waals surface area contributed by atoms with Gasteiger partial charge in [0.2, 0.25) is 5.91 Å². The number of hydrogen-bond donors (Lipinski definition) is 2. The summed E-state index contributed by atoms with van der Waals surface area (Å²) in [6, 6.07) is 6.19. The maximum absolute atomic E-state index is 12.0. The molecule has 0 aromatic heterocycles. The van der Waals surface area contributed by atoms with Gasteiger partial charge in [-0.3, -0.25) is 14.9 Å². The van der Waals surface area contributed by atoms with Gasteiger partial charge in [-0.25, -0.2) is 0 Å². The van der Waals surface area contributed by atoms with Gasteiger partial charge >= 0.3 is 0 Å². The number of non-ortho nitro benzene ring substituents is 1. The van der Waals surface area contributed by atoms with E-state index in [1.54, 1.807) is 12.1 Å². The lowest BCUT2D eigenvalue weighted by Gasteiger charge is -2.29. The Morgan fingerprint density at radius 3 is 2.85 bits per heavy atom. The number of nitro groups is 1. The number of carbonyl (C=O) groups is 1. The first kappa shape index (κ1) is 14.5. The molecule has 0 unspecified atom stereocenters. The molecule has 1 aliphatic rings. The van der Waals surface area contributed by atoms with Gasteiger partial charge in [-0.05, 0) is 18.4 Å². The third-order valence-electron chi connectivity index (χ3n) is 3.65. The van der Waals surface area contributed by atoms with Gasteiger partial charge in [0.05, 0.1) is 11.3 Å². The Labute approximate surface area is 117 Å². The second-order valence-corrected chi connectivity index (χ2v) is 5.23. The predicted octanol–water partition coefficient (Wildman–Crippen LogP) is 1.52. The zero-order chi connectivity index (χ0) is 14.5. The number of hydrogen-bond acceptors (Lipinski definition) is 4. The van der Waals surface area contributed by atoms with Crippen molar-refractivity contribution in [1.29, 1.82) is 0 Å². The largest absolute Gasteiger partial charge is 0.352 e. The molecular weight excluding hydrogens is 258 g/mol. The fraction of sp³-hybridized carbons (Fsp3) is 0.500. The molecule has 1 aromatic rings. The molecule has 1 fully saturated rings.